The number of aromatic nitrogens is 1. The van der Waals surface area contributed by atoms with Gasteiger partial charge < -0.3 is 24.2 Å². The van der Waals surface area contributed by atoms with E-state index in [0.717, 1.165) is 16.5 Å². The van der Waals surface area contributed by atoms with Gasteiger partial charge >= 0.3 is 5.63 Å². The molecule has 192 valence electrons. The number of aryl methyl sites for hydroxylation is 2. The third kappa shape index (κ3) is 4.86. The summed E-state index contributed by atoms with van der Waals surface area (Å²) in [5.41, 5.74) is 3.41. The maximum absolute atomic E-state index is 13.1. The first-order valence-electron chi connectivity index (χ1n) is 12.0. The second kappa shape index (κ2) is 10.2. The molecule has 0 saturated heterocycles. The van der Waals surface area contributed by atoms with Gasteiger partial charge in [-0.2, -0.15) is 0 Å². The maximum atomic E-state index is 13.1. The number of benzene rings is 2. The first kappa shape index (κ1) is 24.8. The molecule has 0 saturated carbocycles. The van der Waals surface area contributed by atoms with Crippen LogP contribution in [0, 0.1) is 13.8 Å². The lowest BCUT2D eigenvalue weighted by molar-refractivity contribution is -0.123. The highest BCUT2D eigenvalue weighted by molar-refractivity contribution is 6.09. The number of ether oxygens (including phenoxy) is 1. The highest BCUT2D eigenvalue weighted by Crippen LogP contribution is 2.40. The van der Waals surface area contributed by atoms with E-state index in [1.165, 1.54) is 6.07 Å². The van der Waals surface area contributed by atoms with Gasteiger partial charge in [-0.25, -0.2) is 9.78 Å². The Morgan fingerprint density at radius 1 is 0.947 bits per heavy atom. The quantitative estimate of drug-likeness (QED) is 0.308. The number of nitrogens with one attached hydrogen (secondary N) is 2. The zero-order valence-electron chi connectivity index (χ0n) is 21.1. The average Bonchev–Trinajstić information content (AvgIpc) is 3.27. The highest BCUT2D eigenvalue weighted by atomic mass is 16.5. The van der Waals surface area contributed by atoms with E-state index in [0.29, 0.717) is 45.0 Å². The molecular weight excluding hydrogens is 486 g/mol. The minimum atomic E-state index is -0.445. The van der Waals surface area contributed by atoms with E-state index in [-0.39, 0.29) is 18.9 Å². The van der Waals surface area contributed by atoms with Gasteiger partial charge in [-0.15, -0.1) is 0 Å². The number of methoxy groups -OCH3 is 1. The Morgan fingerprint density at radius 3 is 2.42 bits per heavy atom. The third-order valence-electron chi connectivity index (χ3n) is 6.23. The third-order valence-corrected chi connectivity index (χ3v) is 6.23. The first-order valence-corrected chi connectivity index (χ1v) is 12.0. The van der Waals surface area contributed by atoms with Gasteiger partial charge in [0.1, 0.15) is 28.5 Å². The molecule has 0 fully saturated rings. The Kier molecular flexibility index (Phi) is 6.66. The van der Waals surface area contributed by atoms with Crippen molar-refractivity contribution in [1.82, 2.24) is 10.3 Å². The van der Waals surface area contributed by atoms with E-state index in [1.54, 1.807) is 37.6 Å². The summed E-state index contributed by atoms with van der Waals surface area (Å²) in [6, 6.07) is 15.7. The summed E-state index contributed by atoms with van der Waals surface area (Å²) in [5.74, 6) is 0.852. The van der Waals surface area contributed by atoms with Crippen molar-refractivity contribution in [1.29, 1.82) is 0 Å². The van der Waals surface area contributed by atoms with Crippen LogP contribution in [0.4, 0.5) is 5.82 Å². The molecular formula is C29H25N3O6. The second-order valence-electron chi connectivity index (χ2n) is 8.87. The lowest BCUT2D eigenvalue weighted by Gasteiger charge is -2.08. The van der Waals surface area contributed by atoms with E-state index in [4.69, 9.17) is 13.6 Å². The normalized spacial score (nSPS) is 11.0. The number of rotatable bonds is 7. The molecule has 0 radical (unpaired) electrons. The summed E-state index contributed by atoms with van der Waals surface area (Å²) < 4.78 is 17.1. The summed E-state index contributed by atoms with van der Waals surface area (Å²) in [5, 5.41) is 6.75. The van der Waals surface area contributed by atoms with Crippen LogP contribution >= 0.6 is 0 Å². The summed E-state index contributed by atoms with van der Waals surface area (Å²) in [7, 11) is 1.59. The minimum Gasteiger partial charge on any atom is -0.497 e. The van der Waals surface area contributed by atoms with Gasteiger partial charge in [-0.3, -0.25) is 9.59 Å². The van der Waals surface area contributed by atoms with Crippen LogP contribution in [-0.2, 0) is 16.0 Å². The SMILES string of the molecule is COc1ccc(-c2oc3c(c(C)cc4oc(=O)cc(C)c43)c2CC(=O)NCC(=O)Nc2ccccn2)cc1. The lowest BCUT2D eigenvalue weighted by Crippen LogP contribution is -2.34. The zero-order valence-corrected chi connectivity index (χ0v) is 21.1. The number of carbonyl (C=O) groups is 2. The molecule has 3 aromatic heterocycles. The van der Waals surface area contributed by atoms with Crippen molar-refractivity contribution >= 4 is 39.6 Å². The van der Waals surface area contributed by atoms with Crippen molar-refractivity contribution in [2.45, 2.75) is 20.3 Å². The van der Waals surface area contributed by atoms with Gasteiger partial charge in [0.2, 0.25) is 11.8 Å². The second-order valence-corrected chi connectivity index (χ2v) is 8.87. The number of nitrogens with zero attached hydrogens (tertiary/aromatic N) is 1. The van der Waals surface area contributed by atoms with Crippen LogP contribution in [-0.4, -0.2) is 30.5 Å². The molecule has 0 aliphatic carbocycles. The number of carbonyl (C=O) groups excluding carboxylic acids is 2. The summed E-state index contributed by atoms with van der Waals surface area (Å²) in [6.07, 6.45) is 1.53. The van der Waals surface area contributed by atoms with Crippen molar-refractivity contribution in [3.05, 3.63) is 87.9 Å². The van der Waals surface area contributed by atoms with Gasteiger partial charge in [0.25, 0.3) is 0 Å². The molecule has 0 unspecified atom stereocenters. The van der Waals surface area contributed by atoms with Gasteiger partial charge in [-0.05, 0) is 67.4 Å². The number of amides is 2. The molecule has 2 aromatic carbocycles. The predicted octanol–water partition coefficient (Wildman–Crippen LogP) is 4.52. The molecule has 38 heavy (non-hydrogen) atoms. The van der Waals surface area contributed by atoms with E-state index < -0.39 is 11.5 Å². The summed E-state index contributed by atoms with van der Waals surface area (Å²) >= 11 is 0. The van der Waals surface area contributed by atoms with Crippen molar-refractivity contribution in [3.8, 4) is 17.1 Å². The summed E-state index contributed by atoms with van der Waals surface area (Å²) in [4.78, 5) is 41.4. The fourth-order valence-corrected chi connectivity index (χ4v) is 4.52. The monoisotopic (exact) mass is 511 g/mol. The molecule has 0 aliphatic heterocycles. The Morgan fingerprint density at radius 2 is 1.71 bits per heavy atom. The fourth-order valence-electron chi connectivity index (χ4n) is 4.52. The Hall–Kier alpha value is -4.92. The van der Waals surface area contributed by atoms with Crippen LogP contribution in [0.1, 0.15) is 16.7 Å². The van der Waals surface area contributed by atoms with E-state index in [9.17, 15) is 14.4 Å². The van der Waals surface area contributed by atoms with E-state index in [1.807, 2.05) is 38.1 Å². The van der Waals surface area contributed by atoms with Gasteiger partial charge in [0, 0.05) is 28.8 Å². The topological polar surface area (TPSA) is 124 Å². The number of anilines is 1. The predicted molar refractivity (Wildman–Crippen MR) is 143 cm³/mol. The van der Waals surface area contributed by atoms with Crippen LogP contribution in [0.5, 0.6) is 5.75 Å². The summed E-state index contributed by atoms with van der Waals surface area (Å²) in [6.45, 7) is 3.48. The van der Waals surface area contributed by atoms with Crippen molar-refractivity contribution in [2.24, 2.45) is 0 Å². The van der Waals surface area contributed by atoms with E-state index in [2.05, 4.69) is 15.6 Å². The van der Waals surface area contributed by atoms with E-state index >= 15 is 0 Å². The highest BCUT2D eigenvalue weighted by Gasteiger charge is 2.24. The van der Waals surface area contributed by atoms with Gasteiger partial charge in [0.05, 0.1) is 25.5 Å². The molecule has 3 heterocycles. The number of hydrogen-bond donors (Lipinski definition) is 2. The molecule has 0 aliphatic rings. The first-order chi connectivity index (χ1) is 18.3. The number of fused-ring (bicyclic) bond motifs is 3. The van der Waals surface area contributed by atoms with Crippen LogP contribution in [0.15, 0.2) is 74.4 Å². The largest absolute Gasteiger partial charge is 0.497 e. The lowest BCUT2D eigenvalue weighted by atomic mass is 9.97. The van der Waals surface area contributed by atoms with Crippen LogP contribution in [0.2, 0.25) is 0 Å². The molecule has 0 atom stereocenters. The minimum absolute atomic E-state index is 0.0343. The standard InChI is InChI=1S/C29H25N3O6/c1-16-12-21-27(17(2)13-25(35)37-21)29-26(16)20(28(38-29)18-7-9-19(36-3)10-8-18)14-23(33)31-15-24(34)32-22-6-4-5-11-30-22/h4-13H,14-15H2,1-3H3,(H,31,33)(H,30,32,34). The number of pyridine rings is 1. The molecule has 2 amide bonds. The molecule has 0 bridgehead atoms. The zero-order chi connectivity index (χ0) is 26.8. The molecule has 9 nitrogen and oxygen atoms in total. The number of hydrogen-bond acceptors (Lipinski definition) is 7. The fraction of sp³-hybridized carbons (Fsp3) is 0.172. The van der Waals surface area contributed by atoms with Gasteiger partial charge in [0.15, 0.2) is 0 Å². The molecule has 9 heteroatoms. The van der Waals surface area contributed by atoms with Crippen LogP contribution in [0.3, 0.4) is 0 Å². The van der Waals surface area contributed by atoms with Crippen molar-refractivity contribution in [3.63, 3.8) is 0 Å². The molecule has 5 rings (SSSR count). The smallest absolute Gasteiger partial charge is 0.336 e. The van der Waals surface area contributed by atoms with Crippen molar-refractivity contribution in [2.75, 3.05) is 19.0 Å². The van der Waals surface area contributed by atoms with Gasteiger partial charge in [-0.1, -0.05) is 6.07 Å². The number of furan rings is 1. The van der Waals surface area contributed by atoms with Crippen LogP contribution < -0.4 is 21.0 Å². The maximum Gasteiger partial charge on any atom is 0.336 e. The van der Waals surface area contributed by atoms with Crippen molar-refractivity contribution < 1.29 is 23.2 Å². The Bertz CT molecular complexity index is 1720. The van der Waals surface area contributed by atoms with Crippen LogP contribution in [0.25, 0.3) is 33.3 Å². The molecule has 2 N–H and O–H groups in total. The average molecular weight is 512 g/mol. The Labute approximate surface area is 217 Å². The molecule has 0 spiro atoms. The molecule has 5 aromatic rings. The Balaban J connectivity index is 1.53.